The summed E-state index contributed by atoms with van der Waals surface area (Å²) in [6.07, 6.45) is 0. The molecular formula is C15H15BrN2OS. The summed E-state index contributed by atoms with van der Waals surface area (Å²) in [5, 5.41) is 12.0. The van der Waals surface area contributed by atoms with Gasteiger partial charge in [0.1, 0.15) is 0 Å². The van der Waals surface area contributed by atoms with Crippen LogP contribution in [0.5, 0.6) is 0 Å². The van der Waals surface area contributed by atoms with E-state index in [1.807, 2.05) is 18.2 Å². The summed E-state index contributed by atoms with van der Waals surface area (Å²) in [5.74, 6) is 0.109. The lowest BCUT2D eigenvalue weighted by Crippen LogP contribution is -2.14. The molecule has 0 heterocycles. The number of halogens is 1. The molecule has 0 aliphatic rings. The number of hydrogen-bond acceptors (Lipinski definition) is 3. The Morgan fingerprint density at radius 2 is 1.90 bits per heavy atom. The van der Waals surface area contributed by atoms with Crippen molar-refractivity contribution in [1.29, 1.82) is 0 Å². The number of nitrogens with zero attached hydrogens (tertiary/aromatic N) is 1. The molecule has 0 fully saturated rings. The van der Waals surface area contributed by atoms with Gasteiger partial charge in [0.05, 0.1) is 0 Å². The first-order chi connectivity index (χ1) is 9.51. The average molecular weight is 351 g/mol. The van der Waals surface area contributed by atoms with Crippen molar-refractivity contribution in [3.8, 4) is 0 Å². The molecule has 0 saturated carbocycles. The highest BCUT2D eigenvalue weighted by Crippen LogP contribution is 2.33. The molecule has 3 N–H and O–H groups in total. The minimum atomic E-state index is 0.109. The number of hydrogen-bond donors (Lipinski definition) is 2. The normalized spacial score (nSPS) is 11.7. The van der Waals surface area contributed by atoms with Gasteiger partial charge in [0.2, 0.25) is 0 Å². The van der Waals surface area contributed by atoms with E-state index in [0.717, 1.165) is 14.3 Å². The van der Waals surface area contributed by atoms with Crippen LogP contribution in [0.15, 0.2) is 55.8 Å². The van der Waals surface area contributed by atoms with Crippen molar-refractivity contribution in [2.75, 3.05) is 0 Å². The Morgan fingerprint density at radius 3 is 2.55 bits per heavy atom. The van der Waals surface area contributed by atoms with Crippen LogP contribution in [0.25, 0.3) is 0 Å². The van der Waals surface area contributed by atoms with Gasteiger partial charge < -0.3 is 10.9 Å². The molecule has 3 nitrogen and oxygen atoms in total. The molecule has 0 radical (unpaired) electrons. The lowest BCUT2D eigenvalue weighted by molar-refractivity contribution is 0.318. The molecule has 0 aromatic heterocycles. The SMILES string of the molecule is Cc1ccc(Sc2ccc(Br)cc2/C(N)=N/O)cc1C. The molecule has 0 saturated heterocycles. The van der Waals surface area contributed by atoms with E-state index in [1.165, 1.54) is 11.1 Å². The van der Waals surface area contributed by atoms with Crippen molar-refractivity contribution in [3.63, 3.8) is 0 Å². The number of benzene rings is 2. The second kappa shape index (κ2) is 6.33. The Morgan fingerprint density at radius 1 is 1.15 bits per heavy atom. The van der Waals surface area contributed by atoms with E-state index in [4.69, 9.17) is 10.9 Å². The molecule has 0 aliphatic carbocycles. The first-order valence-electron chi connectivity index (χ1n) is 6.04. The molecule has 2 aromatic rings. The predicted octanol–water partition coefficient (Wildman–Crippen LogP) is 4.31. The maximum absolute atomic E-state index is 8.89. The summed E-state index contributed by atoms with van der Waals surface area (Å²) >= 11 is 5.00. The van der Waals surface area contributed by atoms with E-state index in [1.54, 1.807) is 11.8 Å². The summed E-state index contributed by atoms with van der Waals surface area (Å²) in [5.41, 5.74) is 8.96. The van der Waals surface area contributed by atoms with E-state index in [-0.39, 0.29) is 5.84 Å². The minimum Gasteiger partial charge on any atom is -0.409 e. The third kappa shape index (κ3) is 3.35. The van der Waals surface area contributed by atoms with E-state index >= 15 is 0 Å². The van der Waals surface area contributed by atoms with E-state index in [0.29, 0.717) is 5.56 Å². The lowest BCUT2D eigenvalue weighted by atomic mass is 10.1. The summed E-state index contributed by atoms with van der Waals surface area (Å²) < 4.78 is 0.892. The number of oxime groups is 1. The quantitative estimate of drug-likeness (QED) is 0.375. The largest absolute Gasteiger partial charge is 0.409 e. The van der Waals surface area contributed by atoms with E-state index < -0.39 is 0 Å². The second-order valence-electron chi connectivity index (χ2n) is 4.47. The molecule has 0 atom stereocenters. The van der Waals surface area contributed by atoms with Gasteiger partial charge >= 0.3 is 0 Å². The standard InChI is InChI=1S/C15H15BrN2OS/c1-9-3-5-12(7-10(9)2)20-14-6-4-11(16)8-13(14)15(17)18-19/h3-8,19H,1-2H3,(H2,17,18). The van der Waals surface area contributed by atoms with Crippen molar-refractivity contribution >= 4 is 33.5 Å². The lowest BCUT2D eigenvalue weighted by Gasteiger charge is -2.10. The maximum atomic E-state index is 8.89. The van der Waals surface area contributed by atoms with Crippen LogP contribution < -0.4 is 5.73 Å². The molecule has 0 spiro atoms. The third-order valence-corrected chi connectivity index (χ3v) is 4.59. The van der Waals surface area contributed by atoms with Crippen LogP contribution in [0.2, 0.25) is 0 Å². The van der Waals surface area contributed by atoms with E-state index in [2.05, 4.69) is 53.1 Å². The van der Waals surface area contributed by atoms with Crippen molar-refractivity contribution in [2.45, 2.75) is 23.6 Å². The van der Waals surface area contributed by atoms with Gasteiger partial charge in [-0.2, -0.15) is 0 Å². The van der Waals surface area contributed by atoms with Gasteiger partial charge in [-0.05, 0) is 55.3 Å². The Kier molecular flexibility index (Phi) is 4.73. The molecule has 0 amide bonds. The van der Waals surface area contributed by atoms with Crippen molar-refractivity contribution in [2.24, 2.45) is 10.9 Å². The summed E-state index contributed by atoms with van der Waals surface area (Å²) in [6.45, 7) is 4.18. The first-order valence-corrected chi connectivity index (χ1v) is 7.65. The van der Waals surface area contributed by atoms with Gasteiger partial charge in [-0.1, -0.05) is 38.9 Å². The zero-order chi connectivity index (χ0) is 14.7. The zero-order valence-electron chi connectivity index (χ0n) is 11.2. The molecule has 0 aliphatic heterocycles. The summed E-state index contributed by atoms with van der Waals surface area (Å²) in [4.78, 5) is 2.08. The van der Waals surface area contributed by atoms with Gasteiger partial charge in [-0.25, -0.2) is 0 Å². The van der Waals surface area contributed by atoms with Crippen LogP contribution >= 0.6 is 27.7 Å². The summed E-state index contributed by atoms with van der Waals surface area (Å²) in [7, 11) is 0. The fourth-order valence-electron chi connectivity index (χ4n) is 1.75. The molecule has 5 heteroatoms. The van der Waals surface area contributed by atoms with Crippen molar-refractivity contribution in [1.82, 2.24) is 0 Å². The fraction of sp³-hybridized carbons (Fsp3) is 0.133. The highest BCUT2D eigenvalue weighted by Gasteiger charge is 2.10. The number of nitrogens with two attached hydrogens (primary N) is 1. The molecule has 0 bridgehead atoms. The highest BCUT2D eigenvalue weighted by molar-refractivity contribution is 9.10. The molecule has 2 rings (SSSR count). The Hall–Kier alpha value is -1.46. The first kappa shape index (κ1) is 14.9. The Bertz CT molecular complexity index is 671. The number of rotatable bonds is 3. The van der Waals surface area contributed by atoms with Crippen LogP contribution in [0, 0.1) is 13.8 Å². The topological polar surface area (TPSA) is 58.6 Å². The zero-order valence-corrected chi connectivity index (χ0v) is 13.6. The van der Waals surface area contributed by atoms with E-state index in [9.17, 15) is 0 Å². The predicted molar refractivity (Wildman–Crippen MR) is 86.7 cm³/mol. The van der Waals surface area contributed by atoms with Crippen molar-refractivity contribution in [3.05, 3.63) is 57.6 Å². The number of aryl methyl sites for hydroxylation is 2. The third-order valence-electron chi connectivity index (χ3n) is 3.03. The van der Waals surface area contributed by atoms with Gasteiger partial charge in [0.15, 0.2) is 5.84 Å². The molecule has 104 valence electrons. The average Bonchev–Trinajstić information content (AvgIpc) is 2.44. The molecular weight excluding hydrogens is 336 g/mol. The highest BCUT2D eigenvalue weighted by atomic mass is 79.9. The van der Waals surface area contributed by atoms with Gasteiger partial charge in [-0.15, -0.1) is 0 Å². The molecule has 2 aromatic carbocycles. The monoisotopic (exact) mass is 350 g/mol. The van der Waals surface area contributed by atoms with Gasteiger partial charge in [0, 0.05) is 19.8 Å². The van der Waals surface area contributed by atoms with Gasteiger partial charge in [0.25, 0.3) is 0 Å². The number of amidine groups is 1. The van der Waals surface area contributed by atoms with Crippen molar-refractivity contribution < 1.29 is 5.21 Å². The Balaban J connectivity index is 2.40. The summed E-state index contributed by atoms with van der Waals surface area (Å²) in [6, 6.07) is 12.1. The maximum Gasteiger partial charge on any atom is 0.171 e. The molecule has 20 heavy (non-hydrogen) atoms. The smallest absolute Gasteiger partial charge is 0.171 e. The molecule has 0 unspecified atom stereocenters. The minimum absolute atomic E-state index is 0.109. The van der Waals surface area contributed by atoms with Crippen LogP contribution in [-0.4, -0.2) is 11.0 Å². The van der Waals surface area contributed by atoms with Crippen LogP contribution in [-0.2, 0) is 0 Å². The van der Waals surface area contributed by atoms with Crippen LogP contribution in [0.1, 0.15) is 16.7 Å². The van der Waals surface area contributed by atoms with Gasteiger partial charge in [-0.3, -0.25) is 0 Å². The van der Waals surface area contributed by atoms with Crippen LogP contribution in [0.3, 0.4) is 0 Å². The van der Waals surface area contributed by atoms with Crippen LogP contribution in [0.4, 0.5) is 0 Å². The Labute approximate surface area is 131 Å². The second-order valence-corrected chi connectivity index (χ2v) is 6.50. The fourth-order valence-corrected chi connectivity index (χ4v) is 3.15.